The van der Waals surface area contributed by atoms with Crippen LogP contribution in [0.25, 0.3) is 0 Å². The zero-order valence-corrected chi connectivity index (χ0v) is 10.00. The first-order valence-electron chi connectivity index (χ1n) is 5.86. The predicted molar refractivity (Wildman–Crippen MR) is 64.0 cm³/mol. The van der Waals surface area contributed by atoms with E-state index in [2.05, 4.69) is 11.9 Å². The number of hydrogen-bond acceptors (Lipinski definition) is 3. The molecular weight excluding hydrogens is 204 g/mol. The van der Waals surface area contributed by atoms with Gasteiger partial charge in [0.1, 0.15) is 0 Å². The summed E-state index contributed by atoms with van der Waals surface area (Å²) in [6, 6.07) is 0.0383. The molecule has 16 heavy (non-hydrogen) atoms. The van der Waals surface area contributed by atoms with E-state index in [1.807, 2.05) is 6.92 Å². The SMILES string of the molecule is C=C(C)COCCNC(=O)C1CCCC1N. The van der Waals surface area contributed by atoms with E-state index in [1.165, 1.54) is 0 Å². The Morgan fingerprint density at radius 1 is 1.56 bits per heavy atom. The summed E-state index contributed by atoms with van der Waals surface area (Å²) >= 11 is 0. The zero-order valence-electron chi connectivity index (χ0n) is 10.00. The van der Waals surface area contributed by atoms with Crippen molar-refractivity contribution in [1.82, 2.24) is 5.32 Å². The van der Waals surface area contributed by atoms with Crippen LogP contribution in [-0.4, -0.2) is 31.7 Å². The van der Waals surface area contributed by atoms with Crippen molar-refractivity contribution < 1.29 is 9.53 Å². The Bertz CT molecular complexity index is 253. The van der Waals surface area contributed by atoms with Crippen molar-refractivity contribution >= 4 is 5.91 Å². The molecule has 0 aromatic heterocycles. The third kappa shape index (κ3) is 4.33. The van der Waals surface area contributed by atoms with Gasteiger partial charge in [0.05, 0.1) is 19.1 Å². The smallest absolute Gasteiger partial charge is 0.224 e. The zero-order chi connectivity index (χ0) is 12.0. The molecule has 1 aliphatic rings. The van der Waals surface area contributed by atoms with Gasteiger partial charge in [0.2, 0.25) is 5.91 Å². The lowest BCUT2D eigenvalue weighted by Crippen LogP contribution is -2.39. The van der Waals surface area contributed by atoms with Gasteiger partial charge in [0, 0.05) is 12.6 Å². The molecule has 1 fully saturated rings. The summed E-state index contributed by atoms with van der Waals surface area (Å²) in [5.74, 6) is 0.0741. The first-order valence-corrected chi connectivity index (χ1v) is 5.86. The highest BCUT2D eigenvalue weighted by Crippen LogP contribution is 2.23. The van der Waals surface area contributed by atoms with Crippen molar-refractivity contribution in [2.24, 2.45) is 11.7 Å². The molecule has 0 spiro atoms. The standard InChI is InChI=1S/C12H22N2O2/c1-9(2)8-16-7-6-14-12(15)10-4-3-5-11(10)13/h10-11H,1,3-8,13H2,2H3,(H,14,15). The minimum Gasteiger partial charge on any atom is -0.375 e. The molecule has 1 saturated carbocycles. The van der Waals surface area contributed by atoms with Crippen molar-refractivity contribution in [2.45, 2.75) is 32.2 Å². The highest BCUT2D eigenvalue weighted by atomic mass is 16.5. The molecule has 1 amide bonds. The second kappa shape index (κ2) is 6.66. The summed E-state index contributed by atoms with van der Waals surface area (Å²) in [5, 5.41) is 2.86. The Labute approximate surface area is 97.2 Å². The van der Waals surface area contributed by atoms with Crippen molar-refractivity contribution in [3.8, 4) is 0 Å². The van der Waals surface area contributed by atoms with Crippen LogP contribution in [-0.2, 0) is 9.53 Å². The van der Waals surface area contributed by atoms with Crippen LogP contribution in [0.2, 0.25) is 0 Å². The molecule has 1 aliphatic carbocycles. The average Bonchev–Trinajstić information content (AvgIpc) is 2.63. The van der Waals surface area contributed by atoms with Crippen LogP contribution < -0.4 is 11.1 Å². The van der Waals surface area contributed by atoms with E-state index in [0.717, 1.165) is 24.8 Å². The van der Waals surface area contributed by atoms with Crippen LogP contribution in [0.1, 0.15) is 26.2 Å². The van der Waals surface area contributed by atoms with Crippen LogP contribution in [0.4, 0.5) is 0 Å². The van der Waals surface area contributed by atoms with Crippen LogP contribution in [0.15, 0.2) is 12.2 Å². The molecule has 0 radical (unpaired) electrons. The van der Waals surface area contributed by atoms with Gasteiger partial charge in [0.25, 0.3) is 0 Å². The minimum atomic E-state index is 0.00106. The molecule has 4 heteroatoms. The molecule has 0 aliphatic heterocycles. The first kappa shape index (κ1) is 13.2. The fourth-order valence-corrected chi connectivity index (χ4v) is 1.94. The average molecular weight is 226 g/mol. The van der Waals surface area contributed by atoms with Gasteiger partial charge in [-0.3, -0.25) is 4.79 Å². The van der Waals surface area contributed by atoms with E-state index in [-0.39, 0.29) is 17.9 Å². The molecule has 4 nitrogen and oxygen atoms in total. The van der Waals surface area contributed by atoms with E-state index in [1.54, 1.807) is 0 Å². The molecular formula is C12H22N2O2. The maximum absolute atomic E-state index is 11.7. The number of carbonyl (C=O) groups excluding carboxylic acids is 1. The Balaban J connectivity index is 2.08. The Morgan fingerprint density at radius 2 is 2.31 bits per heavy atom. The lowest BCUT2D eigenvalue weighted by molar-refractivity contribution is -0.125. The minimum absolute atomic E-state index is 0.00106. The normalized spacial score (nSPS) is 24.4. The fourth-order valence-electron chi connectivity index (χ4n) is 1.94. The number of rotatable bonds is 6. The lowest BCUT2D eigenvalue weighted by Gasteiger charge is -2.15. The first-order chi connectivity index (χ1) is 7.61. The molecule has 2 unspecified atom stereocenters. The summed E-state index contributed by atoms with van der Waals surface area (Å²) in [7, 11) is 0. The van der Waals surface area contributed by atoms with Gasteiger partial charge < -0.3 is 15.8 Å². The van der Waals surface area contributed by atoms with Crippen molar-refractivity contribution in [3.63, 3.8) is 0 Å². The molecule has 0 aromatic carbocycles. The summed E-state index contributed by atoms with van der Waals surface area (Å²) < 4.78 is 5.29. The monoisotopic (exact) mass is 226 g/mol. The molecule has 0 heterocycles. The van der Waals surface area contributed by atoms with Crippen LogP contribution in [0.3, 0.4) is 0 Å². The molecule has 0 bridgehead atoms. The predicted octanol–water partition coefficient (Wildman–Crippen LogP) is 0.823. The molecule has 2 atom stereocenters. The number of ether oxygens (including phenoxy) is 1. The highest BCUT2D eigenvalue weighted by Gasteiger charge is 2.29. The second-order valence-electron chi connectivity index (χ2n) is 4.50. The highest BCUT2D eigenvalue weighted by molar-refractivity contribution is 5.79. The summed E-state index contributed by atoms with van der Waals surface area (Å²) in [4.78, 5) is 11.7. The van der Waals surface area contributed by atoms with E-state index in [4.69, 9.17) is 10.5 Å². The number of amides is 1. The Morgan fingerprint density at radius 3 is 2.88 bits per heavy atom. The summed E-state index contributed by atoms with van der Waals surface area (Å²) in [5.41, 5.74) is 6.84. The van der Waals surface area contributed by atoms with Gasteiger partial charge in [-0.1, -0.05) is 18.6 Å². The Kier molecular flexibility index (Phi) is 5.49. The van der Waals surface area contributed by atoms with Crippen molar-refractivity contribution in [1.29, 1.82) is 0 Å². The number of hydrogen-bond donors (Lipinski definition) is 2. The van der Waals surface area contributed by atoms with Gasteiger partial charge in [-0.2, -0.15) is 0 Å². The van der Waals surface area contributed by atoms with Gasteiger partial charge in [0.15, 0.2) is 0 Å². The second-order valence-corrected chi connectivity index (χ2v) is 4.50. The van der Waals surface area contributed by atoms with Gasteiger partial charge in [-0.05, 0) is 19.8 Å². The molecule has 3 N–H and O–H groups in total. The van der Waals surface area contributed by atoms with E-state index in [9.17, 15) is 4.79 Å². The van der Waals surface area contributed by atoms with Crippen LogP contribution in [0.5, 0.6) is 0 Å². The lowest BCUT2D eigenvalue weighted by atomic mass is 10.0. The van der Waals surface area contributed by atoms with Crippen molar-refractivity contribution in [3.05, 3.63) is 12.2 Å². The molecule has 0 saturated heterocycles. The molecule has 1 rings (SSSR count). The maximum Gasteiger partial charge on any atom is 0.224 e. The number of nitrogens with two attached hydrogens (primary N) is 1. The summed E-state index contributed by atoms with van der Waals surface area (Å²) in [6.45, 7) is 7.28. The van der Waals surface area contributed by atoms with Gasteiger partial charge >= 0.3 is 0 Å². The maximum atomic E-state index is 11.7. The van der Waals surface area contributed by atoms with Crippen molar-refractivity contribution in [2.75, 3.05) is 19.8 Å². The molecule has 0 aromatic rings. The topological polar surface area (TPSA) is 64.3 Å². The fraction of sp³-hybridized carbons (Fsp3) is 0.750. The van der Waals surface area contributed by atoms with E-state index >= 15 is 0 Å². The molecule has 92 valence electrons. The summed E-state index contributed by atoms with van der Waals surface area (Å²) in [6.07, 6.45) is 2.94. The Hall–Kier alpha value is -0.870. The van der Waals surface area contributed by atoms with Crippen LogP contribution >= 0.6 is 0 Å². The van der Waals surface area contributed by atoms with E-state index < -0.39 is 0 Å². The van der Waals surface area contributed by atoms with E-state index in [0.29, 0.717) is 19.8 Å². The third-order valence-corrected chi connectivity index (χ3v) is 2.80. The van der Waals surface area contributed by atoms with Crippen LogP contribution in [0, 0.1) is 5.92 Å². The quantitative estimate of drug-likeness (QED) is 0.520. The van der Waals surface area contributed by atoms with Gasteiger partial charge in [-0.15, -0.1) is 0 Å². The number of nitrogens with one attached hydrogen (secondary N) is 1. The number of carbonyl (C=O) groups is 1. The largest absolute Gasteiger partial charge is 0.375 e. The third-order valence-electron chi connectivity index (χ3n) is 2.80. The van der Waals surface area contributed by atoms with Gasteiger partial charge in [-0.25, -0.2) is 0 Å².